The Balaban J connectivity index is 2.38. The number of urea groups is 1. The average Bonchev–Trinajstić information content (AvgIpc) is 2.58. The van der Waals surface area contributed by atoms with Gasteiger partial charge in [-0.05, 0) is 43.0 Å². The molecule has 1 aliphatic rings. The van der Waals surface area contributed by atoms with E-state index in [4.69, 9.17) is 22.3 Å². The van der Waals surface area contributed by atoms with E-state index < -0.39 is 23.1 Å². The molecule has 0 aromatic heterocycles. The second-order valence-electron chi connectivity index (χ2n) is 7.03. The van der Waals surface area contributed by atoms with Crippen LogP contribution in [0.2, 0.25) is 0 Å². The van der Waals surface area contributed by atoms with Gasteiger partial charge in [-0.3, -0.25) is 0 Å². The molecular weight excluding hydrogens is 354 g/mol. The lowest BCUT2D eigenvalue weighted by atomic mass is 9.74. The summed E-state index contributed by atoms with van der Waals surface area (Å²) >= 11 is 0. The number of aliphatic hydroxyl groups is 1. The Morgan fingerprint density at radius 1 is 1.33 bits per heavy atom. The lowest BCUT2D eigenvalue weighted by molar-refractivity contribution is 0.151. The monoisotopic (exact) mass is 380 g/mol. The topological polar surface area (TPSA) is 119 Å². The SMILES string of the molecule is CC1(CN(CCO)C(N)=O)CCCC(/C=C(\N)c2c(F)cccc2F)=C1N. The molecule has 2 amide bonds. The fraction of sp³-hybridized carbons (Fsp3) is 0.421. The largest absolute Gasteiger partial charge is 0.401 e. The molecule has 1 aromatic carbocycles. The Morgan fingerprint density at radius 2 is 1.96 bits per heavy atom. The van der Waals surface area contributed by atoms with Crippen LogP contribution in [-0.2, 0) is 0 Å². The Labute approximate surface area is 157 Å². The van der Waals surface area contributed by atoms with Gasteiger partial charge < -0.3 is 27.2 Å². The first-order chi connectivity index (χ1) is 12.7. The highest BCUT2D eigenvalue weighted by molar-refractivity contribution is 5.72. The number of carbonyl (C=O) groups is 1. The van der Waals surface area contributed by atoms with Crippen molar-refractivity contribution in [2.75, 3.05) is 19.7 Å². The van der Waals surface area contributed by atoms with Crippen LogP contribution < -0.4 is 17.2 Å². The van der Waals surface area contributed by atoms with Crippen LogP contribution in [0.4, 0.5) is 13.6 Å². The number of aliphatic hydroxyl groups excluding tert-OH is 1. The van der Waals surface area contributed by atoms with E-state index in [2.05, 4.69) is 0 Å². The number of hydrogen-bond acceptors (Lipinski definition) is 4. The number of hydrogen-bond donors (Lipinski definition) is 4. The molecular formula is C19H26F2N4O2. The Kier molecular flexibility index (Phi) is 6.43. The summed E-state index contributed by atoms with van der Waals surface area (Å²) in [6, 6.07) is 2.91. The molecule has 1 aromatic rings. The number of primary amides is 1. The van der Waals surface area contributed by atoms with Crippen LogP contribution in [0.25, 0.3) is 5.70 Å². The van der Waals surface area contributed by atoms with Crippen molar-refractivity contribution in [3.63, 3.8) is 0 Å². The Morgan fingerprint density at radius 3 is 2.52 bits per heavy atom. The van der Waals surface area contributed by atoms with Crippen LogP contribution in [0, 0.1) is 17.0 Å². The van der Waals surface area contributed by atoms with Gasteiger partial charge in [0.2, 0.25) is 0 Å². The summed E-state index contributed by atoms with van der Waals surface area (Å²) in [7, 11) is 0. The smallest absolute Gasteiger partial charge is 0.314 e. The highest BCUT2D eigenvalue weighted by Gasteiger charge is 2.35. The second kappa shape index (κ2) is 8.39. The molecule has 0 heterocycles. The van der Waals surface area contributed by atoms with Gasteiger partial charge in [0.15, 0.2) is 0 Å². The molecule has 27 heavy (non-hydrogen) atoms. The van der Waals surface area contributed by atoms with Crippen LogP contribution >= 0.6 is 0 Å². The third kappa shape index (κ3) is 4.57. The number of nitrogens with two attached hydrogens (primary N) is 3. The van der Waals surface area contributed by atoms with E-state index in [-0.39, 0.29) is 31.0 Å². The van der Waals surface area contributed by atoms with Crippen LogP contribution in [0.15, 0.2) is 35.5 Å². The van der Waals surface area contributed by atoms with Crippen molar-refractivity contribution < 1.29 is 18.7 Å². The minimum absolute atomic E-state index is 0.0464. The molecule has 7 N–H and O–H groups in total. The van der Waals surface area contributed by atoms with Gasteiger partial charge in [-0.1, -0.05) is 13.0 Å². The molecule has 0 spiro atoms. The fourth-order valence-electron chi connectivity index (χ4n) is 3.48. The number of benzene rings is 1. The van der Waals surface area contributed by atoms with Crippen molar-refractivity contribution in [1.82, 2.24) is 4.90 Å². The maximum atomic E-state index is 14.0. The first-order valence-electron chi connectivity index (χ1n) is 8.75. The predicted octanol–water partition coefficient (Wildman–Crippen LogP) is 2.04. The van der Waals surface area contributed by atoms with Crippen molar-refractivity contribution in [1.29, 1.82) is 0 Å². The number of amides is 2. The average molecular weight is 380 g/mol. The number of halogens is 2. The van der Waals surface area contributed by atoms with Gasteiger partial charge in [-0.2, -0.15) is 0 Å². The molecule has 0 bridgehead atoms. The van der Waals surface area contributed by atoms with Crippen LogP contribution in [0.3, 0.4) is 0 Å². The van der Waals surface area contributed by atoms with Crippen molar-refractivity contribution >= 4 is 11.7 Å². The molecule has 1 unspecified atom stereocenters. The van der Waals surface area contributed by atoms with Crippen molar-refractivity contribution in [3.8, 4) is 0 Å². The van der Waals surface area contributed by atoms with Gasteiger partial charge in [0.1, 0.15) is 11.6 Å². The summed E-state index contributed by atoms with van der Waals surface area (Å²) in [6.07, 6.45) is 3.57. The lowest BCUT2D eigenvalue weighted by Gasteiger charge is -2.39. The molecule has 1 aliphatic carbocycles. The standard InChI is InChI=1S/C19H26F2N4O2/c1-19(11-25(8-9-26)18(24)27)7-3-4-12(17(19)23)10-15(22)16-13(20)5-2-6-14(16)21/h2,5-6,10,26H,3-4,7-9,11,22-23H2,1H3,(H2,24,27)/b15-10-. The number of allylic oxidation sites excluding steroid dienone is 2. The minimum Gasteiger partial charge on any atom is -0.401 e. The zero-order valence-corrected chi connectivity index (χ0v) is 15.3. The van der Waals surface area contributed by atoms with Gasteiger partial charge >= 0.3 is 6.03 Å². The molecule has 0 fully saturated rings. The van der Waals surface area contributed by atoms with Crippen LogP contribution in [0.5, 0.6) is 0 Å². The molecule has 0 aliphatic heterocycles. The van der Waals surface area contributed by atoms with E-state index >= 15 is 0 Å². The highest BCUT2D eigenvalue weighted by atomic mass is 19.1. The summed E-state index contributed by atoms with van der Waals surface area (Å²) in [6.45, 7) is 2.02. The summed E-state index contributed by atoms with van der Waals surface area (Å²) < 4.78 is 27.9. The third-order valence-electron chi connectivity index (χ3n) is 4.97. The quantitative estimate of drug-likeness (QED) is 0.604. The van der Waals surface area contributed by atoms with Crippen LogP contribution in [0.1, 0.15) is 31.7 Å². The van der Waals surface area contributed by atoms with Crippen molar-refractivity contribution in [2.24, 2.45) is 22.6 Å². The van der Waals surface area contributed by atoms with Crippen LogP contribution in [-0.4, -0.2) is 35.7 Å². The molecule has 1 atom stereocenters. The zero-order valence-electron chi connectivity index (χ0n) is 15.3. The fourth-order valence-corrected chi connectivity index (χ4v) is 3.48. The second-order valence-corrected chi connectivity index (χ2v) is 7.03. The lowest BCUT2D eigenvalue weighted by Crippen LogP contribution is -2.47. The van der Waals surface area contributed by atoms with Gasteiger partial charge in [0.25, 0.3) is 0 Å². The minimum atomic E-state index is -0.746. The van der Waals surface area contributed by atoms with Gasteiger partial charge in [0, 0.05) is 29.9 Å². The molecule has 0 radical (unpaired) electrons. The summed E-state index contributed by atoms with van der Waals surface area (Å²) in [5.74, 6) is -1.49. The summed E-state index contributed by atoms with van der Waals surface area (Å²) in [5.41, 5.74) is 17.9. The van der Waals surface area contributed by atoms with Gasteiger partial charge in [-0.15, -0.1) is 0 Å². The Bertz CT molecular complexity index is 759. The van der Waals surface area contributed by atoms with Crippen molar-refractivity contribution in [3.05, 3.63) is 52.7 Å². The molecule has 6 nitrogen and oxygen atoms in total. The Hall–Kier alpha value is -2.61. The molecule has 0 saturated carbocycles. The van der Waals surface area contributed by atoms with Crippen molar-refractivity contribution in [2.45, 2.75) is 26.2 Å². The van der Waals surface area contributed by atoms with E-state index in [9.17, 15) is 13.6 Å². The molecule has 148 valence electrons. The number of nitrogens with zero attached hydrogens (tertiary/aromatic N) is 1. The van der Waals surface area contributed by atoms with E-state index in [1.807, 2.05) is 6.92 Å². The molecule has 8 heteroatoms. The molecule has 0 saturated heterocycles. The third-order valence-corrected chi connectivity index (χ3v) is 4.97. The van der Waals surface area contributed by atoms with Gasteiger partial charge in [0.05, 0.1) is 12.2 Å². The maximum Gasteiger partial charge on any atom is 0.314 e. The van der Waals surface area contributed by atoms with E-state index in [0.717, 1.165) is 18.6 Å². The number of carbonyl (C=O) groups excluding carboxylic acids is 1. The maximum absolute atomic E-state index is 14.0. The van der Waals surface area contributed by atoms with Gasteiger partial charge in [-0.25, -0.2) is 13.6 Å². The first-order valence-corrected chi connectivity index (χ1v) is 8.75. The summed E-state index contributed by atoms with van der Waals surface area (Å²) in [5, 5.41) is 9.12. The highest BCUT2D eigenvalue weighted by Crippen LogP contribution is 2.39. The van der Waals surface area contributed by atoms with E-state index in [0.29, 0.717) is 24.1 Å². The normalized spacial score (nSPS) is 20.7. The van der Waals surface area contributed by atoms with E-state index in [1.165, 1.54) is 17.0 Å². The number of rotatable bonds is 6. The first kappa shape index (κ1) is 20.7. The summed E-state index contributed by atoms with van der Waals surface area (Å²) in [4.78, 5) is 12.9. The predicted molar refractivity (Wildman–Crippen MR) is 99.9 cm³/mol. The zero-order chi connectivity index (χ0) is 20.2. The molecule has 2 rings (SSSR count). The van der Waals surface area contributed by atoms with E-state index in [1.54, 1.807) is 0 Å².